The summed E-state index contributed by atoms with van der Waals surface area (Å²) in [6.07, 6.45) is 8.19. The fraction of sp³-hybridized carbons (Fsp3) is 0.667. The third-order valence-electron chi connectivity index (χ3n) is 8.28. The van der Waals surface area contributed by atoms with Crippen molar-refractivity contribution in [2.24, 2.45) is 5.92 Å². The first-order valence-electron chi connectivity index (χ1n) is 13.2. The van der Waals surface area contributed by atoms with Crippen molar-refractivity contribution in [1.29, 1.82) is 0 Å². The Labute approximate surface area is 206 Å². The molecule has 2 aromatic rings. The number of carboxylic acid groups (broad SMARTS) is 1. The quantitative estimate of drug-likeness (QED) is 0.640. The van der Waals surface area contributed by atoms with Gasteiger partial charge in [0.2, 0.25) is 0 Å². The van der Waals surface area contributed by atoms with Crippen LogP contribution in [0.5, 0.6) is 0 Å². The molecule has 3 aliphatic rings. The second-order valence-corrected chi connectivity index (χ2v) is 10.5. The predicted octanol–water partition coefficient (Wildman–Crippen LogP) is 5.04. The minimum Gasteiger partial charge on any atom is -0.481 e. The van der Waals surface area contributed by atoms with Crippen LogP contribution in [0.15, 0.2) is 12.1 Å². The predicted molar refractivity (Wildman–Crippen MR) is 132 cm³/mol. The third-order valence-corrected chi connectivity index (χ3v) is 8.28. The fourth-order valence-electron chi connectivity index (χ4n) is 6.33. The Morgan fingerprint density at radius 1 is 1.20 bits per heavy atom. The van der Waals surface area contributed by atoms with Crippen molar-refractivity contribution >= 4 is 23.1 Å². The number of amides is 1. The topological polar surface area (TPSA) is 93.9 Å². The number of benzene rings is 1. The van der Waals surface area contributed by atoms with Gasteiger partial charge in [0.15, 0.2) is 0 Å². The van der Waals surface area contributed by atoms with Gasteiger partial charge in [0, 0.05) is 30.7 Å². The highest BCUT2D eigenvalue weighted by Gasteiger charge is 2.33. The van der Waals surface area contributed by atoms with E-state index in [9.17, 15) is 14.7 Å². The van der Waals surface area contributed by atoms with E-state index >= 15 is 0 Å². The van der Waals surface area contributed by atoms with Crippen LogP contribution >= 0.6 is 0 Å². The van der Waals surface area contributed by atoms with E-state index in [0.29, 0.717) is 25.9 Å². The van der Waals surface area contributed by atoms with Crippen LogP contribution in [0.4, 0.5) is 4.79 Å². The van der Waals surface area contributed by atoms with E-state index < -0.39 is 5.97 Å². The molecule has 1 saturated carbocycles. The highest BCUT2D eigenvalue weighted by atomic mass is 16.5. The van der Waals surface area contributed by atoms with Crippen molar-refractivity contribution in [1.82, 2.24) is 14.5 Å². The molecule has 0 bridgehead atoms. The lowest BCUT2D eigenvalue weighted by Gasteiger charge is -2.30. The number of imidazole rings is 1. The molecule has 0 radical (unpaired) electrons. The van der Waals surface area contributed by atoms with Crippen molar-refractivity contribution < 1.29 is 24.2 Å². The van der Waals surface area contributed by atoms with Crippen LogP contribution in [-0.2, 0) is 27.2 Å². The van der Waals surface area contributed by atoms with E-state index in [-0.39, 0.29) is 30.1 Å². The van der Waals surface area contributed by atoms with Gasteiger partial charge in [-0.25, -0.2) is 9.78 Å². The smallest absolute Gasteiger partial charge is 0.409 e. The zero-order chi connectivity index (χ0) is 24.5. The number of nitrogens with zero attached hydrogens (tertiary/aromatic N) is 3. The highest BCUT2D eigenvalue weighted by molar-refractivity contribution is 5.82. The normalized spacial score (nSPS) is 25.8. The second kappa shape index (κ2) is 10.2. The molecule has 2 atom stereocenters. The van der Waals surface area contributed by atoms with Crippen LogP contribution in [0, 0.1) is 5.92 Å². The second-order valence-electron chi connectivity index (χ2n) is 10.5. The van der Waals surface area contributed by atoms with Gasteiger partial charge in [-0.15, -0.1) is 0 Å². The molecule has 8 heteroatoms. The van der Waals surface area contributed by atoms with E-state index in [1.165, 1.54) is 19.1 Å². The van der Waals surface area contributed by atoms with Gasteiger partial charge in [-0.2, -0.15) is 0 Å². The first kappa shape index (κ1) is 24.1. The van der Waals surface area contributed by atoms with Crippen molar-refractivity contribution in [2.75, 3.05) is 20.3 Å². The molecule has 2 aliphatic heterocycles. The first-order chi connectivity index (χ1) is 17.0. The number of carboxylic acids is 1. The van der Waals surface area contributed by atoms with E-state index in [4.69, 9.17) is 14.5 Å². The summed E-state index contributed by atoms with van der Waals surface area (Å²) in [6.45, 7) is 4.24. The van der Waals surface area contributed by atoms with Gasteiger partial charge < -0.3 is 24.0 Å². The van der Waals surface area contributed by atoms with E-state index in [0.717, 1.165) is 67.6 Å². The molecule has 0 spiro atoms. The Bertz CT molecular complexity index is 1080. The first-order valence-corrected chi connectivity index (χ1v) is 13.2. The Morgan fingerprint density at radius 3 is 2.69 bits per heavy atom. The average molecular weight is 484 g/mol. The minimum atomic E-state index is -0.684. The molecule has 3 heterocycles. The molecular formula is C27H37N3O5. The third kappa shape index (κ3) is 4.77. The molecule has 35 heavy (non-hydrogen) atoms. The monoisotopic (exact) mass is 483 g/mol. The number of aromatic nitrogens is 2. The maximum absolute atomic E-state index is 12.3. The average Bonchev–Trinajstić information content (AvgIpc) is 3.29. The van der Waals surface area contributed by atoms with Crippen molar-refractivity contribution in [2.45, 2.75) is 89.3 Å². The summed E-state index contributed by atoms with van der Waals surface area (Å²) in [4.78, 5) is 30.8. The highest BCUT2D eigenvalue weighted by Crippen LogP contribution is 2.40. The number of methoxy groups -OCH3 is 1. The van der Waals surface area contributed by atoms with Crippen molar-refractivity contribution in [3.05, 3.63) is 29.1 Å². The standard InChI is InChI=1S/C27H37N3O5/c1-17(15-21-5-3-4-14-35-21)30-23-11-10-18-12-13-29(27(33)34-2)16-22(18)24(23)28-25(30)19-6-8-20(9-7-19)26(31)32/h10-11,17,19-21H,3-9,12-16H2,1-2H3,(H,31,32)/t17-,19-,20-,21+/m1/s1. The Kier molecular flexibility index (Phi) is 7.00. The van der Waals surface area contributed by atoms with E-state index in [1.54, 1.807) is 4.90 Å². The van der Waals surface area contributed by atoms with Gasteiger partial charge in [-0.3, -0.25) is 4.79 Å². The summed E-state index contributed by atoms with van der Waals surface area (Å²) >= 11 is 0. The van der Waals surface area contributed by atoms with Crippen LogP contribution in [0.3, 0.4) is 0 Å². The summed E-state index contributed by atoms with van der Waals surface area (Å²) in [5, 5.41) is 9.48. The minimum absolute atomic E-state index is 0.216. The number of hydrogen-bond donors (Lipinski definition) is 1. The van der Waals surface area contributed by atoms with Crippen LogP contribution in [0.1, 0.15) is 87.2 Å². The molecule has 5 rings (SSSR count). The zero-order valence-corrected chi connectivity index (χ0v) is 20.9. The number of fused-ring (bicyclic) bond motifs is 3. The molecule has 0 unspecified atom stereocenters. The summed E-state index contributed by atoms with van der Waals surface area (Å²) in [5.74, 6) is 0.370. The fourth-order valence-corrected chi connectivity index (χ4v) is 6.33. The van der Waals surface area contributed by atoms with Crippen LogP contribution < -0.4 is 0 Å². The molecule has 1 amide bonds. The van der Waals surface area contributed by atoms with Crippen LogP contribution in [0.25, 0.3) is 11.0 Å². The van der Waals surface area contributed by atoms with Gasteiger partial charge in [0.1, 0.15) is 5.82 Å². The Morgan fingerprint density at radius 2 is 2.00 bits per heavy atom. The lowest BCUT2D eigenvalue weighted by molar-refractivity contribution is -0.142. The molecule has 8 nitrogen and oxygen atoms in total. The van der Waals surface area contributed by atoms with Crippen LogP contribution in [0.2, 0.25) is 0 Å². The van der Waals surface area contributed by atoms with Crippen molar-refractivity contribution in [3.8, 4) is 0 Å². The number of aliphatic carboxylic acids is 1. The largest absolute Gasteiger partial charge is 0.481 e. The Hall–Kier alpha value is -2.61. The molecule has 1 saturated heterocycles. The molecule has 1 aromatic carbocycles. The van der Waals surface area contributed by atoms with Gasteiger partial charge in [0.25, 0.3) is 0 Å². The molecule has 190 valence electrons. The lowest BCUT2D eigenvalue weighted by Crippen LogP contribution is -2.35. The Balaban J connectivity index is 1.52. The zero-order valence-electron chi connectivity index (χ0n) is 20.9. The lowest BCUT2D eigenvalue weighted by atomic mass is 9.81. The number of carbonyl (C=O) groups is 2. The number of carbonyl (C=O) groups excluding carboxylic acids is 1. The molecule has 1 aromatic heterocycles. The van der Waals surface area contributed by atoms with E-state index in [1.807, 2.05) is 0 Å². The summed E-state index contributed by atoms with van der Waals surface area (Å²) < 4.78 is 13.5. The number of rotatable bonds is 5. The van der Waals surface area contributed by atoms with Gasteiger partial charge >= 0.3 is 12.1 Å². The van der Waals surface area contributed by atoms with Gasteiger partial charge in [-0.05, 0) is 76.3 Å². The van der Waals surface area contributed by atoms with Crippen LogP contribution in [-0.4, -0.2) is 58.0 Å². The number of hydrogen-bond acceptors (Lipinski definition) is 5. The maximum Gasteiger partial charge on any atom is 0.409 e. The number of ether oxygens (including phenoxy) is 2. The summed E-state index contributed by atoms with van der Waals surface area (Å²) in [5.41, 5.74) is 4.43. The molecular weight excluding hydrogens is 446 g/mol. The summed E-state index contributed by atoms with van der Waals surface area (Å²) in [6, 6.07) is 4.60. The maximum atomic E-state index is 12.3. The molecule has 1 N–H and O–H groups in total. The van der Waals surface area contributed by atoms with Gasteiger partial charge in [0.05, 0.1) is 36.7 Å². The van der Waals surface area contributed by atoms with Gasteiger partial charge in [-0.1, -0.05) is 6.07 Å². The van der Waals surface area contributed by atoms with Crippen molar-refractivity contribution in [3.63, 3.8) is 0 Å². The SMILES string of the molecule is COC(=O)N1CCc2ccc3c(nc([C@H]4CC[C@H](C(=O)O)CC4)n3[C@H](C)C[C@@H]3CCCCO3)c2C1. The molecule has 1 aliphatic carbocycles. The molecule has 2 fully saturated rings. The summed E-state index contributed by atoms with van der Waals surface area (Å²) in [7, 11) is 1.42. The van der Waals surface area contributed by atoms with E-state index in [2.05, 4.69) is 23.6 Å².